The summed E-state index contributed by atoms with van der Waals surface area (Å²) < 4.78 is 0. The Kier molecular flexibility index (Phi) is 3.74. The van der Waals surface area contributed by atoms with Crippen LogP contribution in [0, 0.1) is 16.0 Å². The maximum atomic E-state index is 10.7. The predicted octanol–water partition coefficient (Wildman–Crippen LogP) is 2.65. The average molecular weight is 234 g/mol. The van der Waals surface area contributed by atoms with Gasteiger partial charge in [0.25, 0.3) is 5.69 Å². The SMILES string of the molecule is NC(Cc1cccc([N+](=O)[O-])c1)C1CCCC1. The number of benzene rings is 1. The van der Waals surface area contributed by atoms with E-state index in [0.717, 1.165) is 12.0 Å². The molecular weight excluding hydrogens is 216 g/mol. The van der Waals surface area contributed by atoms with E-state index in [1.807, 2.05) is 6.07 Å². The minimum absolute atomic E-state index is 0.138. The largest absolute Gasteiger partial charge is 0.327 e. The lowest BCUT2D eigenvalue weighted by Gasteiger charge is -2.18. The van der Waals surface area contributed by atoms with Crippen LogP contribution in [0.4, 0.5) is 5.69 Å². The first-order valence-corrected chi connectivity index (χ1v) is 6.16. The van der Waals surface area contributed by atoms with E-state index in [1.54, 1.807) is 12.1 Å². The number of nitro groups is 1. The van der Waals surface area contributed by atoms with Crippen molar-refractivity contribution in [3.63, 3.8) is 0 Å². The molecule has 2 N–H and O–H groups in total. The third-order valence-electron chi connectivity index (χ3n) is 3.60. The molecule has 1 aliphatic rings. The first-order chi connectivity index (χ1) is 8.16. The van der Waals surface area contributed by atoms with E-state index in [4.69, 9.17) is 5.73 Å². The van der Waals surface area contributed by atoms with Gasteiger partial charge in [-0.15, -0.1) is 0 Å². The Morgan fingerprint density at radius 2 is 2.12 bits per heavy atom. The van der Waals surface area contributed by atoms with Gasteiger partial charge >= 0.3 is 0 Å². The van der Waals surface area contributed by atoms with Gasteiger partial charge in [0.2, 0.25) is 0 Å². The summed E-state index contributed by atoms with van der Waals surface area (Å²) in [5, 5.41) is 10.7. The van der Waals surface area contributed by atoms with E-state index < -0.39 is 0 Å². The third-order valence-corrected chi connectivity index (χ3v) is 3.60. The van der Waals surface area contributed by atoms with E-state index in [-0.39, 0.29) is 16.7 Å². The van der Waals surface area contributed by atoms with Gasteiger partial charge in [0.15, 0.2) is 0 Å². The number of nitro benzene ring substituents is 1. The molecule has 1 aromatic rings. The number of hydrogen-bond acceptors (Lipinski definition) is 3. The Labute approximate surface area is 101 Å². The van der Waals surface area contributed by atoms with Gasteiger partial charge in [0.05, 0.1) is 4.92 Å². The molecule has 0 saturated heterocycles. The zero-order valence-corrected chi connectivity index (χ0v) is 9.84. The lowest BCUT2D eigenvalue weighted by atomic mass is 9.93. The molecule has 4 nitrogen and oxygen atoms in total. The molecule has 0 aromatic heterocycles. The van der Waals surface area contributed by atoms with Crippen molar-refractivity contribution >= 4 is 5.69 Å². The van der Waals surface area contributed by atoms with Crippen LogP contribution in [0.3, 0.4) is 0 Å². The Morgan fingerprint density at radius 1 is 1.41 bits per heavy atom. The third kappa shape index (κ3) is 3.03. The van der Waals surface area contributed by atoms with Crippen LogP contribution in [0.5, 0.6) is 0 Å². The Bertz CT molecular complexity index is 400. The van der Waals surface area contributed by atoms with Gasteiger partial charge in [-0.2, -0.15) is 0 Å². The van der Waals surface area contributed by atoms with Crippen molar-refractivity contribution in [2.75, 3.05) is 0 Å². The smallest absolute Gasteiger partial charge is 0.269 e. The Hall–Kier alpha value is -1.42. The molecule has 1 saturated carbocycles. The van der Waals surface area contributed by atoms with Gasteiger partial charge in [-0.3, -0.25) is 10.1 Å². The fourth-order valence-corrected chi connectivity index (χ4v) is 2.62. The quantitative estimate of drug-likeness (QED) is 0.643. The number of nitrogens with zero attached hydrogens (tertiary/aromatic N) is 1. The highest BCUT2D eigenvalue weighted by molar-refractivity contribution is 5.34. The van der Waals surface area contributed by atoms with Crippen molar-refractivity contribution in [3.05, 3.63) is 39.9 Å². The van der Waals surface area contributed by atoms with Crippen molar-refractivity contribution in [2.45, 2.75) is 38.1 Å². The molecule has 1 aliphatic carbocycles. The highest BCUT2D eigenvalue weighted by atomic mass is 16.6. The van der Waals surface area contributed by atoms with E-state index in [2.05, 4.69) is 0 Å². The van der Waals surface area contributed by atoms with Crippen LogP contribution < -0.4 is 5.73 Å². The highest BCUT2D eigenvalue weighted by Crippen LogP contribution is 2.28. The van der Waals surface area contributed by atoms with E-state index in [0.29, 0.717) is 5.92 Å². The molecule has 1 unspecified atom stereocenters. The summed E-state index contributed by atoms with van der Waals surface area (Å²) >= 11 is 0. The molecule has 0 aliphatic heterocycles. The summed E-state index contributed by atoms with van der Waals surface area (Å²) in [7, 11) is 0. The zero-order chi connectivity index (χ0) is 12.3. The lowest BCUT2D eigenvalue weighted by Crippen LogP contribution is -2.30. The highest BCUT2D eigenvalue weighted by Gasteiger charge is 2.22. The standard InChI is InChI=1S/C13H18N2O2/c14-13(11-5-1-2-6-11)9-10-4-3-7-12(8-10)15(16)17/h3-4,7-8,11,13H,1-2,5-6,9,14H2. The summed E-state index contributed by atoms with van der Waals surface area (Å²) in [4.78, 5) is 10.3. The van der Waals surface area contributed by atoms with E-state index in [9.17, 15) is 10.1 Å². The molecule has 4 heteroatoms. The second kappa shape index (κ2) is 5.27. The number of rotatable bonds is 4. The summed E-state index contributed by atoms with van der Waals surface area (Å²) in [6.45, 7) is 0. The van der Waals surface area contributed by atoms with E-state index in [1.165, 1.54) is 31.7 Å². The molecule has 1 aromatic carbocycles. The second-order valence-electron chi connectivity index (χ2n) is 4.84. The van der Waals surface area contributed by atoms with Crippen LogP contribution in [0.1, 0.15) is 31.2 Å². The number of nitrogens with two attached hydrogens (primary N) is 1. The normalized spacial score (nSPS) is 18.2. The molecule has 1 fully saturated rings. The van der Waals surface area contributed by atoms with Crippen molar-refractivity contribution in [1.29, 1.82) is 0 Å². The molecule has 92 valence electrons. The van der Waals surface area contributed by atoms with Crippen molar-refractivity contribution < 1.29 is 4.92 Å². The number of hydrogen-bond donors (Lipinski definition) is 1. The van der Waals surface area contributed by atoms with Crippen LogP contribution >= 0.6 is 0 Å². The van der Waals surface area contributed by atoms with Crippen LogP contribution in [-0.2, 0) is 6.42 Å². The molecule has 0 bridgehead atoms. The maximum Gasteiger partial charge on any atom is 0.269 e. The second-order valence-corrected chi connectivity index (χ2v) is 4.84. The minimum Gasteiger partial charge on any atom is -0.327 e. The fraction of sp³-hybridized carbons (Fsp3) is 0.538. The van der Waals surface area contributed by atoms with Crippen LogP contribution in [0.15, 0.2) is 24.3 Å². The molecule has 0 spiro atoms. The van der Waals surface area contributed by atoms with Gasteiger partial charge in [-0.05, 0) is 30.7 Å². The number of non-ortho nitro benzene ring substituents is 1. The van der Waals surface area contributed by atoms with E-state index >= 15 is 0 Å². The first-order valence-electron chi connectivity index (χ1n) is 6.16. The van der Waals surface area contributed by atoms with Crippen molar-refractivity contribution in [3.8, 4) is 0 Å². The molecular formula is C13H18N2O2. The monoisotopic (exact) mass is 234 g/mol. The summed E-state index contributed by atoms with van der Waals surface area (Å²) in [6.07, 6.45) is 5.69. The predicted molar refractivity (Wildman–Crippen MR) is 66.7 cm³/mol. The molecule has 1 atom stereocenters. The topological polar surface area (TPSA) is 69.2 Å². The van der Waals surface area contributed by atoms with Gasteiger partial charge < -0.3 is 5.73 Å². The zero-order valence-electron chi connectivity index (χ0n) is 9.84. The lowest BCUT2D eigenvalue weighted by molar-refractivity contribution is -0.384. The average Bonchev–Trinajstić information content (AvgIpc) is 2.82. The maximum absolute atomic E-state index is 10.7. The van der Waals surface area contributed by atoms with Gasteiger partial charge in [0.1, 0.15) is 0 Å². The van der Waals surface area contributed by atoms with Crippen LogP contribution in [0.2, 0.25) is 0 Å². The summed E-state index contributed by atoms with van der Waals surface area (Å²) in [6, 6.07) is 6.94. The van der Waals surface area contributed by atoms with Gasteiger partial charge in [-0.25, -0.2) is 0 Å². The summed E-state index contributed by atoms with van der Waals surface area (Å²) in [5.74, 6) is 0.592. The molecule has 0 heterocycles. The van der Waals surface area contributed by atoms with Gasteiger partial charge in [-0.1, -0.05) is 25.0 Å². The fourth-order valence-electron chi connectivity index (χ4n) is 2.62. The molecule has 0 radical (unpaired) electrons. The van der Waals surface area contributed by atoms with Crippen LogP contribution in [0.25, 0.3) is 0 Å². The molecule has 17 heavy (non-hydrogen) atoms. The summed E-state index contributed by atoms with van der Waals surface area (Å²) in [5.41, 5.74) is 7.29. The Morgan fingerprint density at radius 3 is 2.76 bits per heavy atom. The molecule has 0 amide bonds. The Balaban J connectivity index is 2.02. The van der Waals surface area contributed by atoms with Crippen molar-refractivity contribution in [1.82, 2.24) is 0 Å². The van der Waals surface area contributed by atoms with Crippen molar-refractivity contribution in [2.24, 2.45) is 11.7 Å². The van der Waals surface area contributed by atoms with Gasteiger partial charge in [0, 0.05) is 18.2 Å². The molecule has 2 rings (SSSR count). The minimum atomic E-state index is -0.357. The first kappa shape index (κ1) is 12.0. The van der Waals surface area contributed by atoms with Crippen LogP contribution in [-0.4, -0.2) is 11.0 Å².